The minimum atomic E-state index is -1.02. The molecule has 6 heteroatoms. The van der Waals surface area contributed by atoms with Gasteiger partial charge >= 0.3 is 11.9 Å². The number of ether oxygens (including phenoxy) is 1. The van der Waals surface area contributed by atoms with E-state index in [-0.39, 0.29) is 24.5 Å². The third kappa shape index (κ3) is 37.7. The zero-order chi connectivity index (χ0) is 36.6. The van der Waals surface area contributed by atoms with Crippen LogP contribution in [0.3, 0.4) is 0 Å². The van der Waals surface area contributed by atoms with Crippen LogP contribution in [0.5, 0.6) is 0 Å². The largest absolute Gasteiger partial charge is 0.480 e. The molecule has 0 fully saturated rings. The Balaban J connectivity index is 4.33. The zero-order valence-corrected chi connectivity index (χ0v) is 32.0. The zero-order valence-electron chi connectivity index (χ0n) is 32.0. The van der Waals surface area contributed by atoms with E-state index in [0.717, 1.165) is 109 Å². The molecule has 0 saturated heterocycles. The van der Waals surface area contributed by atoms with Crippen molar-refractivity contribution in [2.45, 2.75) is 180 Å². The summed E-state index contributed by atoms with van der Waals surface area (Å²) < 4.78 is 5.96. The summed E-state index contributed by atoms with van der Waals surface area (Å²) in [5, 5.41) is 11.1. The van der Waals surface area contributed by atoms with Crippen molar-refractivity contribution in [3.8, 4) is 0 Å². The van der Waals surface area contributed by atoms with Crippen molar-refractivity contribution in [2.75, 3.05) is 6.54 Å². The van der Waals surface area contributed by atoms with Gasteiger partial charge in [0.25, 0.3) is 0 Å². The van der Waals surface area contributed by atoms with Gasteiger partial charge in [0.15, 0.2) is 0 Å². The Morgan fingerprint density at radius 1 is 0.540 bits per heavy atom. The minimum absolute atomic E-state index is 0.0371. The van der Waals surface area contributed by atoms with E-state index in [9.17, 15) is 14.4 Å². The second-order valence-corrected chi connectivity index (χ2v) is 13.1. The van der Waals surface area contributed by atoms with Crippen LogP contribution in [0.4, 0.5) is 0 Å². The molecule has 0 aromatic rings. The lowest BCUT2D eigenvalue weighted by Crippen LogP contribution is -2.28. The first kappa shape index (κ1) is 46.9. The van der Waals surface area contributed by atoms with Gasteiger partial charge < -0.3 is 15.2 Å². The minimum Gasteiger partial charge on any atom is -0.480 e. The molecular weight excluding hydrogens is 622 g/mol. The fraction of sp³-hybridized carbons (Fsp3) is 0.659. The molecule has 0 bridgehead atoms. The molecule has 50 heavy (non-hydrogen) atoms. The fourth-order valence-corrected chi connectivity index (χ4v) is 5.43. The molecule has 0 heterocycles. The van der Waals surface area contributed by atoms with E-state index in [1.54, 1.807) is 0 Å². The standard InChI is InChI=1S/C44H73NO5/c1-3-5-7-9-11-13-15-16-17-18-19-20-22-24-26-31-35-39-44(49)50-41(36-32-28-25-23-21-14-12-10-8-6-4-2)37-33-29-27-30-34-38-42(46)45-40-43(47)48/h5,7,11,13,16-17,19-20,23-26,41H,3-4,6,8-10,12,14-15,18,21-22,27-40H2,1-2H3,(H,45,46)(H,47,48)/b7-5-,13-11-,17-16-,20-19-,25-23-,26-24-. The average molecular weight is 696 g/mol. The number of carbonyl (C=O) groups excluding carboxylic acids is 2. The van der Waals surface area contributed by atoms with Gasteiger partial charge in [-0.3, -0.25) is 14.4 Å². The van der Waals surface area contributed by atoms with E-state index in [1.165, 1.54) is 38.5 Å². The van der Waals surface area contributed by atoms with Gasteiger partial charge in [-0.15, -0.1) is 0 Å². The Morgan fingerprint density at radius 3 is 1.64 bits per heavy atom. The van der Waals surface area contributed by atoms with Crippen molar-refractivity contribution in [3.05, 3.63) is 72.9 Å². The molecule has 0 aliphatic carbocycles. The highest BCUT2D eigenvalue weighted by molar-refractivity contribution is 5.80. The second kappa shape index (κ2) is 38.6. The fourth-order valence-electron chi connectivity index (χ4n) is 5.43. The van der Waals surface area contributed by atoms with Crippen LogP contribution in [0.1, 0.15) is 174 Å². The maximum atomic E-state index is 12.7. The number of carbonyl (C=O) groups is 3. The van der Waals surface area contributed by atoms with Gasteiger partial charge in [0.05, 0.1) is 0 Å². The smallest absolute Gasteiger partial charge is 0.322 e. The molecule has 0 saturated carbocycles. The highest BCUT2D eigenvalue weighted by Crippen LogP contribution is 2.17. The van der Waals surface area contributed by atoms with Crippen LogP contribution in [-0.4, -0.2) is 35.6 Å². The van der Waals surface area contributed by atoms with Crippen molar-refractivity contribution in [3.63, 3.8) is 0 Å². The van der Waals surface area contributed by atoms with Gasteiger partial charge in [-0.1, -0.05) is 138 Å². The third-order valence-electron chi connectivity index (χ3n) is 8.36. The number of nitrogens with one attached hydrogen (secondary N) is 1. The molecule has 0 aliphatic heterocycles. The third-order valence-corrected chi connectivity index (χ3v) is 8.36. The SMILES string of the molecule is CC/C=C\C/C=C\C/C=C\C/C=C\C/C=C\CCCC(=O)OC(CCC/C=C\CCCCCCCC)CCCCCCCC(=O)NCC(=O)O. The molecule has 1 unspecified atom stereocenters. The summed E-state index contributed by atoms with van der Waals surface area (Å²) >= 11 is 0. The number of carboxylic acids is 1. The highest BCUT2D eigenvalue weighted by atomic mass is 16.5. The summed E-state index contributed by atoms with van der Waals surface area (Å²) in [5.41, 5.74) is 0. The predicted octanol–water partition coefficient (Wildman–Crippen LogP) is 12.2. The molecule has 1 amide bonds. The maximum absolute atomic E-state index is 12.7. The van der Waals surface area contributed by atoms with Gasteiger partial charge in [0, 0.05) is 12.8 Å². The van der Waals surface area contributed by atoms with Crippen LogP contribution in [-0.2, 0) is 19.1 Å². The number of hydrogen-bond donors (Lipinski definition) is 2. The van der Waals surface area contributed by atoms with Crippen LogP contribution >= 0.6 is 0 Å². The highest BCUT2D eigenvalue weighted by Gasteiger charge is 2.14. The number of rotatable bonds is 35. The summed E-state index contributed by atoms with van der Waals surface area (Å²) in [4.78, 5) is 34.9. The van der Waals surface area contributed by atoms with Crippen LogP contribution < -0.4 is 5.32 Å². The van der Waals surface area contributed by atoms with Crippen molar-refractivity contribution in [1.82, 2.24) is 5.32 Å². The van der Waals surface area contributed by atoms with Gasteiger partial charge in [-0.25, -0.2) is 0 Å². The van der Waals surface area contributed by atoms with Crippen molar-refractivity contribution in [1.29, 1.82) is 0 Å². The molecule has 6 nitrogen and oxygen atoms in total. The summed E-state index contributed by atoms with van der Waals surface area (Å²) in [5.74, 6) is -1.32. The van der Waals surface area contributed by atoms with E-state index >= 15 is 0 Å². The number of allylic oxidation sites excluding steroid dienone is 12. The molecule has 284 valence electrons. The molecule has 0 aromatic heterocycles. The van der Waals surface area contributed by atoms with Gasteiger partial charge in [0.2, 0.25) is 5.91 Å². The Bertz CT molecular complexity index is 990. The van der Waals surface area contributed by atoms with E-state index in [4.69, 9.17) is 9.84 Å². The monoisotopic (exact) mass is 696 g/mol. The van der Waals surface area contributed by atoms with Crippen molar-refractivity contribution >= 4 is 17.8 Å². The molecule has 2 N–H and O–H groups in total. The van der Waals surface area contributed by atoms with Crippen LogP contribution in [0.2, 0.25) is 0 Å². The number of carboxylic acid groups (broad SMARTS) is 1. The van der Waals surface area contributed by atoms with E-state index < -0.39 is 5.97 Å². The number of amides is 1. The molecule has 0 spiro atoms. The first-order valence-electron chi connectivity index (χ1n) is 20.1. The first-order valence-corrected chi connectivity index (χ1v) is 20.1. The van der Waals surface area contributed by atoms with Crippen molar-refractivity contribution in [2.24, 2.45) is 0 Å². The number of aliphatic carboxylic acids is 1. The molecule has 0 rings (SSSR count). The Labute approximate surface area is 306 Å². The van der Waals surface area contributed by atoms with Gasteiger partial charge in [-0.2, -0.15) is 0 Å². The summed E-state index contributed by atoms with van der Waals surface area (Å²) in [6, 6.07) is 0. The lowest BCUT2D eigenvalue weighted by atomic mass is 10.0. The van der Waals surface area contributed by atoms with Crippen LogP contribution in [0, 0.1) is 0 Å². The van der Waals surface area contributed by atoms with E-state index in [2.05, 4.69) is 92.1 Å². The second-order valence-electron chi connectivity index (χ2n) is 13.1. The topological polar surface area (TPSA) is 92.7 Å². The first-order chi connectivity index (χ1) is 24.5. The average Bonchev–Trinajstić information content (AvgIpc) is 3.10. The van der Waals surface area contributed by atoms with Crippen LogP contribution in [0.15, 0.2) is 72.9 Å². The summed E-state index contributed by atoms with van der Waals surface area (Å²) in [6.07, 6.45) is 51.6. The molecule has 0 aliphatic rings. The maximum Gasteiger partial charge on any atom is 0.322 e. The van der Waals surface area contributed by atoms with E-state index in [1.807, 2.05) is 0 Å². The lowest BCUT2D eigenvalue weighted by molar-refractivity contribution is -0.150. The summed E-state index contributed by atoms with van der Waals surface area (Å²) in [6.45, 7) is 4.08. The number of esters is 1. The van der Waals surface area contributed by atoms with Crippen molar-refractivity contribution < 1.29 is 24.2 Å². The van der Waals surface area contributed by atoms with Crippen LogP contribution in [0.25, 0.3) is 0 Å². The normalized spacial score (nSPS) is 12.8. The number of hydrogen-bond acceptors (Lipinski definition) is 4. The van der Waals surface area contributed by atoms with E-state index in [0.29, 0.717) is 12.8 Å². The Hall–Kier alpha value is -3.15. The lowest BCUT2D eigenvalue weighted by Gasteiger charge is -2.18. The van der Waals surface area contributed by atoms with Gasteiger partial charge in [-0.05, 0) is 96.3 Å². The quantitative estimate of drug-likeness (QED) is 0.0391. The predicted molar refractivity (Wildman–Crippen MR) is 212 cm³/mol. The summed E-state index contributed by atoms with van der Waals surface area (Å²) in [7, 11) is 0. The molecular formula is C44H73NO5. The molecule has 1 atom stereocenters. The molecule has 0 aromatic carbocycles. The molecule has 0 radical (unpaired) electrons. The van der Waals surface area contributed by atoms with Gasteiger partial charge in [0.1, 0.15) is 12.6 Å². The number of unbranched alkanes of at least 4 members (excludes halogenated alkanes) is 12. The Morgan fingerprint density at radius 2 is 1.02 bits per heavy atom. The Kier molecular flexibility index (Phi) is 36.2.